The first-order valence-corrected chi connectivity index (χ1v) is 12.3. The second kappa shape index (κ2) is 10.0. The molecule has 1 N–H and O–H groups in total. The zero-order chi connectivity index (χ0) is 27.1. The van der Waals surface area contributed by atoms with E-state index in [0.29, 0.717) is 5.56 Å². The van der Waals surface area contributed by atoms with Gasteiger partial charge in [0.15, 0.2) is 16.8 Å². The minimum Gasteiger partial charge on any atom is -0.374 e. The van der Waals surface area contributed by atoms with Gasteiger partial charge in [-0.15, -0.1) is 0 Å². The molecule has 0 aliphatic carbocycles. The lowest BCUT2D eigenvalue weighted by molar-refractivity contribution is -0.275. The van der Waals surface area contributed by atoms with E-state index in [1.165, 1.54) is 37.3 Å². The number of carbonyl (C=O) groups is 1. The normalized spacial score (nSPS) is 18.2. The third kappa shape index (κ3) is 5.21. The van der Waals surface area contributed by atoms with Crippen LogP contribution in [0.15, 0.2) is 64.6 Å². The lowest BCUT2D eigenvalue weighted by Gasteiger charge is -2.29. The Labute approximate surface area is 219 Å². The predicted molar refractivity (Wildman–Crippen MR) is 128 cm³/mol. The number of nitrogens with zero attached hydrogens (tertiary/aromatic N) is 1. The van der Waals surface area contributed by atoms with Crippen LogP contribution in [-0.4, -0.2) is 22.0 Å². The number of alkyl halides is 3. The van der Waals surface area contributed by atoms with Gasteiger partial charge in [0.05, 0.1) is 20.7 Å². The van der Waals surface area contributed by atoms with Crippen molar-refractivity contribution >= 4 is 45.8 Å². The molecule has 1 aliphatic heterocycles. The van der Waals surface area contributed by atoms with Crippen molar-refractivity contribution in [1.82, 2.24) is 4.72 Å². The smallest absolute Gasteiger partial charge is 0.374 e. The van der Waals surface area contributed by atoms with E-state index in [1.807, 2.05) is 0 Å². The Morgan fingerprint density at radius 2 is 1.76 bits per heavy atom. The molecule has 194 valence electrons. The molecular formula is C24H15Cl2F5N2O3S. The molecule has 1 aliphatic rings. The van der Waals surface area contributed by atoms with Gasteiger partial charge in [0.1, 0.15) is 5.82 Å². The Balaban J connectivity index is 1.58. The quantitative estimate of drug-likeness (QED) is 0.274. The van der Waals surface area contributed by atoms with Crippen LogP contribution < -0.4 is 4.72 Å². The van der Waals surface area contributed by atoms with E-state index in [2.05, 4.69) is 9.88 Å². The van der Waals surface area contributed by atoms with Gasteiger partial charge in [-0.05, 0) is 60.5 Å². The predicted octanol–water partition coefficient (Wildman–Crippen LogP) is 6.61. The summed E-state index contributed by atoms with van der Waals surface area (Å²) in [6.07, 6.45) is -5.75. The van der Waals surface area contributed by atoms with Crippen LogP contribution in [0.3, 0.4) is 0 Å². The van der Waals surface area contributed by atoms with Crippen LogP contribution in [0.4, 0.5) is 22.0 Å². The molecule has 37 heavy (non-hydrogen) atoms. The summed E-state index contributed by atoms with van der Waals surface area (Å²) in [6, 6.07) is 10.6. The molecule has 0 saturated carbocycles. The number of carbonyl (C=O) groups excluding carboxylic acids is 1. The van der Waals surface area contributed by atoms with Gasteiger partial charge >= 0.3 is 6.18 Å². The lowest BCUT2D eigenvalue weighted by atomic mass is 9.86. The van der Waals surface area contributed by atoms with Gasteiger partial charge in [-0.2, -0.15) is 13.2 Å². The Bertz CT molecular complexity index is 1440. The fraction of sp³-hybridized carbons (Fsp3) is 0.167. The number of benzene rings is 3. The number of rotatable bonds is 5. The largest absolute Gasteiger partial charge is 0.435 e. The Kier molecular flexibility index (Phi) is 7.33. The molecule has 3 aromatic carbocycles. The van der Waals surface area contributed by atoms with Crippen LogP contribution >= 0.6 is 23.2 Å². The summed E-state index contributed by atoms with van der Waals surface area (Å²) in [6.45, 7) is 1.52. The van der Waals surface area contributed by atoms with Crippen LogP contribution in [0.2, 0.25) is 10.0 Å². The topological polar surface area (TPSA) is 67.8 Å². The number of amides is 1. The molecule has 5 nitrogen and oxygen atoms in total. The van der Waals surface area contributed by atoms with E-state index in [-0.39, 0.29) is 21.7 Å². The summed E-state index contributed by atoms with van der Waals surface area (Å²) in [4.78, 5) is 17.6. The molecule has 1 heterocycles. The van der Waals surface area contributed by atoms with Gasteiger partial charge < -0.3 is 4.84 Å². The maximum atomic E-state index is 14.2. The number of nitrogens with one attached hydrogen (secondary N) is 1. The third-order valence-corrected chi connectivity index (χ3v) is 7.24. The van der Waals surface area contributed by atoms with E-state index < -0.39 is 62.3 Å². The van der Waals surface area contributed by atoms with Crippen molar-refractivity contribution in [3.63, 3.8) is 0 Å². The van der Waals surface area contributed by atoms with Crippen LogP contribution in [0.1, 0.15) is 33.5 Å². The number of hydrogen-bond acceptors (Lipinski definition) is 4. The molecule has 4 rings (SSSR count). The SMILES string of the molecule is Cc1cc(C2=NOC(c3cc(Cl)c(F)c(Cl)c3)(C(F)(F)F)C2)ccc1C(=O)NS(=O)c1cccc(F)c1. The third-order valence-electron chi connectivity index (χ3n) is 5.64. The number of oxime groups is 1. The van der Waals surface area contributed by atoms with E-state index in [0.717, 1.165) is 24.3 Å². The van der Waals surface area contributed by atoms with Crippen molar-refractivity contribution in [3.05, 3.63) is 98.5 Å². The van der Waals surface area contributed by atoms with E-state index >= 15 is 0 Å². The zero-order valence-electron chi connectivity index (χ0n) is 18.6. The molecule has 0 spiro atoms. The first kappa shape index (κ1) is 27.0. The molecule has 0 aromatic heterocycles. The molecule has 0 saturated heterocycles. The average molecular weight is 577 g/mol. The average Bonchev–Trinajstić information content (AvgIpc) is 3.29. The van der Waals surface area contributed by atoms with Gasteiger partial charge in [0.2, 0.25) is 0 Å². The minimum atomic E-state index is -4.97. The van der Waals surface area contributed by atoms with E-state index in [1.54, 1.807) is 0 Å². The summed E-state index contributed by atoms with van der Waals surface area (Å²) in [7, 11) is -2.04. The van der Waals surface area contributed by atoms with Crippen molar-refractivity contribution in [2.45, 2.75) is 30.0 Å². The van der Waals surface area contributed by atoms with Crippen molar-refractivity contribution in [3.8, 4) is 0 Å². The summed E-state index contributed by atoms with van der Waals surface area (Å²) in [5.41, 5.74) is -2.92. The molecule has 0 radical (unpaired) electrons. The van der Waals surface area contributed by atoms with Gasteiger partial charge in [-0.1, -0.05) is 40.5 Å². The Hall–Kier alpha value is -3.02. The summed E-state index contributed by atoms with van der Waals surface area (Å²) in [5.74, 6) is -2.43. The molecule has 0 bridgehead atoms. The first-order valence-electron chi connectivity index (χ1n) is 10.4. The Morgan fingerprint density at radius 1 is 1.08 bits per heavy atom. The van der Waals surface area contributed by atoms with Crippen LogP contribution in [0.25, 0.3) is 0 Å². The maximum Gasteiger partial charge on any atom is 0.435 e. The Morgan fingerprint density at radius 3 is 2.35 bits per heavy atom. The highest BCUT2D eigenvalue weighted by Crippen LogP contribution is 2.50. The highest BCUT2D eigenvalue weighted by atomic mass is 35.5. The molecule has 2 atom stereocenters. The maximum absolute atomic E-state index is 14.2. The monoisotopic (exact) mass is 576 g/mol. The highest BCUT2D eigenvalue weighted by Gasteiger charge is 2.62. The van der Waals surface area contributed by atoms with Gasteiger partial charge in [0.25, 0.3) is 11.5 Å². The number of halogens is 7. The van der Waals surface area contributed by atoms with Crippen molar-refractivity contribution in [2.75, 3.05) is 0 Å². The van der Waals surface area contributed by atoms with Crippen molar-refractivity contribution < 1.29 is 35.8 Å². The molecule has 2 unspecified atom stereocenters. The highest BCUT2D eigenvalue weighted by molar-refractivity contribution is 7.83. The van der Waals surface area contributed by atoms with Crippen molar-refractivity contribution in [1.29, 1.82) is 0 Å². The second-order valence-electron chi connectivity index (χ2n) is 8.07. The standard InChI is InChI=1S/C24H15Cl2F5N2O3S/c1-12-7-13(5-6-17(12)22(34)33-37(35)16-4-2-3-15(27)10-16)20-11-23(36-32-20,24(29,30)31)14-8-18(25)21(28)19(26)9-14/h2-10H,11H2,1H3,(H,33,34). The fourth-order valence-electron chi connectivity index (χ4n) is 3.73. The summed E-state index contributed by atoms with van der Waals surface area (Å²) >= 11 is 11.4. The zero-order valence-corrected chi connectivity index (χ0v) is 21.0. The first-order chi connectivity index (χ1) is 17.3. The molecular weight excluding hydrogens is 562 g/mol. The summed E-state index contributed by atoms with van der Waals surface area (Å²) in [5, 5.41) is 2.42. The number of aryl methyl sites for hydroxylation is 1. The van der Waals surface area contributed by atoms with E-state index in [9.17, 15) is 31.0 Å². The second-order valence-corrected chi connectivity index (χ2v) is 10.1. The van der Waals surface area contributed by atoms with Crippen molar-refractivity contribution in [2.24, 2.45) is 5.16 Å². The van der Waals surface area contributed by atoms with E-state index in [4.69, 9.17) is 28.0 Å². The fourth-order valence-corrected chi connectivity index (χ4v) is 5.03. The van der Waals surface area contributed by atoms with Gasteiger partial charge in [-0.3, -0.25) is 9.52 Å². The van der Waals surface area contributed by atoms with Gasteiger partial charge in [0, 0.05) is 17.5 Å². The lowest BCUT2D eigenvalue weighted by Crippen LogP contribution is -2.42. The molecule has 0 fully saturated rings. The van der Waals surface area contributed by atoms with Crippen LogP contribution in [0, 0.1) is 18.6 Å². The molecule has 13 heteroatoms. The minimum absolute atomic E-state index is 0.0459. The molecule has 1 amide bonds. The summed E-state index contributed by atoms with van der Waals surface area (Å²) < 4.78 is 84.4. The number of hydrogen-bond donors (Lipinski definition) is 1. The van der Waals surface area contributed by atoms with Crippen LogP contribution in [0.5, 0.6) is 0 Å². The van der Waals surface area contributed by atoms with Gasteiger partial charge in [-0.25, -0.2) is 13.0 Å². The molecule has 3 aromatic rings. The van der Waals surface area contributed by atoms with Crippen LogP contribution in [-0.2, 0) is 21.4 Å².